The number of carbonyl (C=O) groups excluding carboxylic acids is 4. The van der Waals surface area contributed by atoms with Crippen LogP contribution in [0.15, 0.2) is 236 Å². The number of aliphatic hydroxyl groups excluding tert-OH is 1. The number of hydrogen-bond acceptors (Lipinski definition) is 17. The fourth-order valence-electron chi connectivity index (χ4n) is 16.2. The quantitative estimate of drug-likeness (QED) is 0.0385. The van der Waals surface area contributed by atoms with Crippen LogP contribution in [0.4, 0.5) is 45.5 Å². The standard InChI is InChI=1S/C29H29N5O3.C23H27N5O2.C23H27N3O3.C21H21N3O3/c1-20-15-22(17-27(35)34(20)19-24-7-3-4-12-30-24)23-16-26(29(37)31-18-23)32-28(36)21-8-10-25(11-9-21)33-13-5-2-6-14-33;1-15-21(16(2)27(3)26-15)18-13-20(23(30)24-14-18)25-22(29)17-7-9-19(10-8-17)28-11-5-4-6-12-28;27-20-6-4-5-17(13-20)18-14-21(23(29)24-15-18)25-22(28)16-7-9-19(10-8-16)26-11-2-1-3-12-26;25-20(15-4-6-18(7-5-15)24-9-2-1-3-10-24)23-19-12-17(13-22-21(19)26)16-8-11-27-14-16/h3-4,7-12,15-18H,2,5-6,13-14,19H2,1H3,(H,31,37)(H,32,36);7-10,13-14H,4-6,11-12H2,1-3H3,(H,24,30)(H,25,29);7-10,13-15,20,27H,1-6,11-12H2,(H,24,29)(H,25,28);4-8,11-14H,1-3,9-10H2,(H,22,26)(H,23,25). The number of carbonyl (C=O) groups is 4. The number of aromatic amines is 4. The summed E-state index contributed by atoms with van der Waals surface area (Å²) in [5, 5.41) is 25.2. The van der Waals surface area contributed by atoms with Crippen LogP contribution in [-0.4, -0.2) is 126 Å². The number of piperidine rings is 4. The van der Waals surface area contributed by atoms with Crippen LogP contribution < -0.4 is 68.7 Å². The zero-order valence-corrected chi connectivity index (χ0v) is 69.8. The van der Waals surface area contributed by atoms with Gasteiger partial charge < -0.3 is 74.9 Å². The average molecular weight is 1660 g/mol. The van der Waals surface area contributed by atoms with E-state index in [0.717, 1.165) is 151 Å². The average Bonchev–Trinajstić information content (AvgIpc) is 1.71. The van der Waals surface area contributed by atoms with Crippen LogP contribution in [0.2, 0.25) is 0 Å². The van der Waals surface area contributed by atoms with Crippen molar-refractivity contribution in [1.29, 1.82) is 0 Å². The maximum Gasteiger partial charge on any atom is 0.271 e. The fraction of sp³-hybridized carbons (Fsp3) is 0.302. The molecule has 4 amide bonds. The predicted octanol–water partition coefficient (Wildman–Crippen LogP) is 15.3. The number of pyridine rings is 6. The minimum absolute atomic E-state index is 0.123. The molecule has 27 heteroatoms. The Hall–Kier alpha value is -14.0. The number of nitrogens with one attached hydrogen (secondary N) is 8. The number of hydrogen-bond donors (Lipinski definition) is 9. The van der Waals surface area contributed by atoms with Crippen molar-refractivity contribution in [3.05, 3.63) is 310 Å². The Morgan fingerprint density at radius 2 is 0.821 bits per heavy atom. The summed E-state index contributed by atoms with van der Waals surface area (Å²) in [6, 6.07) is 47.5. The lowest BCUT2D eigenvalue weighted by atomic mass is 9.93. The third-order valence-corrected chi connectivity index (χ3v) is 23.1. The van der Waals surface area contributed by atoms with E-state index in [-0.39, 0.29) is 68.6 Å². The van der Waals surface area contributed by atoms with Gasteiger partial charge in [-0.15, -0.1) is 0 Å². The molecule has 0 bridgehead atoms. The third-order valence-electron chi connectivity index (χ3n) is 23.1. The number of furan rings is 1. The van der Waals surface area contributed by atoms with Gasteiger partial charge in [0.15, 0.2) is 0 Å². The first-order chi connectivity index (χ1) is 59.7. The molecule has 1 aliphatic carbocycles. The maximum absolute atomic E-state index is 12.9. The van der Waals surface area contributed by atoms with E-state index >= 15 is 0 Å². The van der Waals surface area contributed by atoms with Crippen molar-refractivity contribution >= 4 is 74.7 Å². The number of aryl methyl sites for hydroxylation is 3. The van der Waals surface area contributed by atoms with Crippen LogP contribution in [0.3, 0.4) is 0 Å². The first kappa shape index (κ1) is 85.5. The summed E-state index contributed by atoms with van der Waals surface area (Å²) in [6.45, 7) is 14.5. The van der Waals surface area contributed by atoms with E-state index in [0.29, 0.717) is 39.9 Å². The monoisotopic (exact) mass is 1660 g/mol. The van der Waals surface area contributed by atoms with E-state index in [1.165, 1.54) is 83.1 Å². The number of rotatable bonds is 18. The second kappa shape index (κ2) is 40.4. The van der Waals surface area contributed by atoms with Gasteiger partial charge in [-0.05, 0) is 279 Å². The van der Waals surface area contributed by atoms with Crippen LogP contribution >= 0.6 is 0 Å². The minimum atomic E-state index is -0.456. The van der Waals surface area contributed by atoms with Crippen molar-refractivity contribution in [3.63, 3.8) is 0 Å². The lowest BCUT2D eigenvalue weighted by molar-refractivity contribution is 0.101. The molecule has 17 rings (SSSR count). The van der Waals surface area contributed by atoms with Gasteiger partial charge in [0.1, 0.15) is 22.7 Å². The van der Waals surface area contributed by atoms with Crippen molar-refractivity contribution in [1.82, 2.24) is 39.3 Å². The van der Waals surface area contributed by atoms with E-state index in [9.17, 15) is 48.3 Å². The lowest BCUT2D eigenvalue weighted by Crippen LogP contribution is -2.29. The summed E-state index contributed by atoms with van der Waals surface area (Å²) < 4.78 is 8.52. The van der Waals surface area contributed by atoms with Gasteiger partial charge in [0.25, 0.3) is 51.4 Å². The highest BCUT2D eigenvalue weighted by Gasteiger charge is 2.23. The van der Waals surface area contributed by atoms with E-state index < -0.39 is 11.7 Å². The Morgan fingerprint density at radius 1 is 0.439 bits per heavy atom. The normalized spacial score (nSPS) is 15.2. The number of anilines is 8. The van der Waals surface area contributed by atoms with Crippen LogP contribution in [0.1, 0.15) is 166 Å². The Kier molecular flexibility index (Phi) is 28.1. The smallest absolute Gasteiger partial charge is 0.271 e. The Labute approximate surface area is 712 Å². The summed E-state index contributed by atoms with van der Waals surface area (Å²) in [5.74, 6) is -1.29. The molecule has 4 aliphatic heterocycles. The summed E-state index contributed by atoms with van der Waals surface area (Å²) in [4.78, 5) is 137. The highest BCUT2D eigenvalue weighted by atomic mass is 16.3. The van der Waals surface area contributed by atoms with Crippen LogP contribution in [0.25, 0.3) is 39.0 Å². The number of nitrogens with zero attached hydrogens (tertiary/aromatic N) is 8. The number of allylic oxidation sites excluding steroid dienone is 1. The predicted molar refractivity (Wildman–Crippen MR) is 485 cm³/mol. The molecule has 123 heavy (non-hydrogen) atoms. The molecule has 1 unspecified atom stereocenters. The second-order valence-electron chi connectivity index (χ2n) is 31.7. The maximum atomic E-state index is 12.9. The highest BCUT2D eigenvalue weighted by Crippen LogP contribution is 2.32. The fourth-order valence-corrected chi connectivity index (χ4v) is 16.2. The van der Waals surface area contributed by atoms with Crippen molar-refractivity contribution in [2.75, 3.05) is 93.2 Å². The minimum Gasteiger partial charge on any atom is -0.472 e. The molecule has 8 aromatic heterocycles. The van der Waals surface area contributed by atoms with Gasteiger partial charge >= 0.3 is 0 Å². The molecule has 0 saturated carbocycles. The van der Waals surface area contributed by atoms with E-state index in [1.807, 2.05) is 119 Å². The molecule has 5 aliphatic rings. The van der Waals surface area contributed by atoms with Gasteiger partial charge in [0, 0.05) is 181 Å². The molecule has 12 aromatic rings. The summed E-state index contributed by atoms with van der Waals surface area (Å²) in [7, 11) is 1.88. The van der Waals surface area contributed by atoms with Crippen molar-refractivity contribution in [2.24, 2.45) is 7.05 Å². The van der Waals surface area contributed by atoms with Crippen LogP contribution in [-0.2, 0) is 13.6 Å². The van der Waals surface area contributed by atoms with Crippen LogP contribution in [0, 0.1) is 20.8 Å². The number of aliphatic hydroxyl groups is 1. The first-order valence-corrected chi connectivity index (χ1v) is 42.3. The third kappa shape index (κ3) is 22.0. The van der Waals surface area contributed by atoms with Gasteiger partial charge in [-0.3, -0.25) is 52.8 Å². The molecule has 9 N–H and O–H groups in total. The van der Waals surface area contributed by atoms with Gasteiger partial charge in [-0.2, -0.15) is 5.10 Å². The second-order valence-corrected chi connectivity index (χ2v) is 31.7. The van der Waals surface area contributed by atoms with Gasteiger partial charge in [0.05, 0.1) is 36.6 Å². The highest BCUT2D eigenvalue weighted by molar-refractivity contribution is 6.07. The summed E-state index contributed by atoms with van der Waals surface area (Å²) in [5.41, 5.74) is 15.5. The number of H-pyrrole nitrogens is 4. The van der Waals surface area contributed by atoms with Gasteiger partial charge in [-0.1, -0.05) is 12.1 Å². The molecule has 0 radical (unpaired) electrons. The summed E-state index contributed by atoms with van der Waals surface area (Å²) in [6.07, 6.45) is 29.8. The van der Waals surface area contributed by atoms with Gasteiger partial charge in [-0.25, -0.2) is 0 Å². The van der Waals surface area contributed by atoms with Crippen molar-refractivity contribution in [3.8, 4) is 33.4 Å². The molecule has 4 saturated heterocycles. The van der Waals surface area contributed by atoms with Crippen LogP contribution in [0.5, 0.6) is 0 Å². The number of aromatic nitrogens is 8. The Balaban J connectivity index is 0.000000135. The van der Waals surface area contributed by atoms with E-state index in [1.54, 1.807) is 119 Å². The SMILES string of the molecule is Cc1cc(-c2c[nH]c(=O)c(NC(=O)c3ccc(N4CCCCC4)cc3)c2)cc(=O)n1Cc1ccccn1.Cc1nn(C)c(C)c1-c1c[nH]c(=O)c(NC(=O)c2ccc(N3CCCCC3)cc2)c1.O=C(Nc1cc(-c2ccoc2)c[nH]c1=O)c1ccc(N2CCCCC2)cc1.O=C(Nc1cc(C2=CC(O)CCC2)c[nH]c1=O)c1ccc(N2CCCCC2)cc1. The van der Waals surface area contributed by atoms with E-state index in [2.05, 4.69) is 70.9 Å². The first-order valence-electron chi connectivity index (χ1n) is 42.3. The number of amides is 4. The zero-order valence-electron chi connectivity index (χ0n) is 69.8. The Morgan fingerprint density at radius 3 is 1.18 bits per heavy atom. The summed E-state index contributed by atoms with van der Waals surface area (Å²) >= 11 is 0. The topological polar surface area (TPSA) is 347 Å². The lowest BCUT2D eigenvalue weighted by Gasteiger charge is -2.28. The molecule has 1 atom stereocenters. The molecular weight excluding hydrogens is 1550 g/mol. The number of benzene rings is 4. The van der Waals surface area contributed by atoms with Crippen molar-refractivity contribution < 1.29 is 28.7 Å². The molecule has 12 heterocycles. The Bertz CT molecular complexity index is 6030. The molecule has 4 fully saturated rings. The van der Waals surface area contributed by atoms with Gasteiger partial charge in [0.2, 0.25) is 0 Å². The van der Waals surface area contributed by atoms with E-state index in [4.69, 9.17) is 4.42 Å². The molecule has 4 aromatic carbocycles. The molecule has 634 valence electrons. The zero-order chi connectivity index (χ0) is 85.9. The van der Waals surface area contributed by atoms with Crippen molar-refractivity contribution in [2.45, 2.75) is 130 Å². The molecular formula is C96H104N16O11. The molecule has 27 nitrogen and oxygen atoms in total. The molecule has 0 spiro atoms. The largest absolute Gasteiger partial charge is 0.472 e.